The number of hydrogen-bond acceptors (Lipinski definition) is 2. The van der Waals surface area contributed by atoms with Gasteiger partial charge in [0, 0.05) is 5.02 Å². The van der Waals surface area contributed by atoms with Gasteiger partial charge in [-0.1, -0.05) is 39.3 Å². The van der Waals surface area contributed by atoms with Crippen molar-refractivity contribution in [3.8, 4) is 18.0 Å². The van der Waals surface area contributed by atoms with E-state index in [9.17, 15) is 0 Å². The maximum atomic E-state index is 5.75. The van der Waals surface area contributed by atoms with E-state index in [4.69, 9.17) is 18.0 Å². The molecular weight excluding hydrogens is 246 g/mol. The van der Waals surface area contributed by atoms with Crippen molar-refractivity contribution in [1.29, 1.82) is 0 Å². The average molecular weight is 264 g/mol. The lowest BCUT2D eigenvalue weighted by Crippen LogP contribution is -1.97. The summed E-state index contributed by atoms with van der Waals surface area (Å²) in [6.07, 6.45) is 6.71. The molecule has 0 atom stereocenters. The third kappa shape index (κ3) is 4.60. The second kappa shape index (κ2) is 9.26. The van der Waals surface area contributed by atoms with Crippen LogP contribution in [0.2, 0.25) is 5.02 Å². The average Bonchev–Trinajstić information content (AvgIpc) is 2.93. The molecule has 1 aromatic carbocycles. The lowest BCUT2D eigenvalue weighted by Gasteiger charge is -1.97. The van der Waals surface area contributed by atoms with Gasteiger partial charge >= 0.3 is 0 Å². The van der Waals surface area contributed by atoms with E-state index in [1.807, 2.05) is 39.8 Å². The van der Waals surface area contributed by atoms with Crippen molar-refractivity contribution in [2.24, 2.45) is 0 Å². The summed E-state index contributed by atoms with van der Waals surface area (Å²) in [7, 11) is 0. The Morgan fingerprint density at radius 2 is 1.67 bits per heavy atom. The fraction of sp³-hybridized carbons (Fsp3) is 0.286. The summed E-state index contributed by atoms with van der Waals surface area (Å²) < 4.78 is 0. The lowest BCUT2D eigenvalue weighted by molar-refractivity contribution is 0.750. The molecule has 0 bridgehead atoms. The first-order valence-electron chi connectivity index (χ1n) is 5.94. The Kier molecular flexibility index (Phi) is 8.34. The van der Waals surface area contributed by atoms with Crippen LogP contribution in [0.3, 0.4) is 0 Å². The Bertz CT molecular complexity index is 480. The summed E-state index contributed by atoms with van der Waals surface area (Å²) in [5, 5.41) is 8.74. The van der Waals surface area contributed by atoms with Crippen molar-refractivity contribution in [2.45, 2.75) is 27.7 Å². The Labute approximate surface area is 114 Å². The predicted molar refractivity (Wildman–Crippen MR) is 77.0 cm³/mol. The van der Waals surface area contributed by atoms with Gasteiger partial charge in [-0.2, -0.15) is 9.90 Å². The zero-order chi connectivity index (χ0) is 14.0. The van der Waals surface area contributed by atoms with Crippen molar-refractivity contribution in [3.05, 3.63) is 41.2 Å². The third-order valence-corrected chi connectivity index (χ3v) is 1.95. The number of terminal acetylenes is 1. The van der Waals surface area contributed by atoms with Crippen LogP contribution in [-0.4, -0.2) is 15.0 Å². The zero-order valence-corrected chi connectivity index (χ0v) is 11.9. The summed E-state index contributed by atoms with van der Waals surface area (Å²) in [6, 6.07) is 7.19. The van der Waals surface area contributed by atoms with E-state index in [2.05, 4.69) is 16.1 Å². The van der Waals surface area contributed by atoms with Gasteiger partial charge in [-0.3, -0.25) is 0 Å². The van der Waals surface area contributed by atoms with Crippen molar-refractivity contribution in [3.63, 3.8) is 0 Å². The SMILES string of the molecule is C#Cc1cnn(-c2ccc(Cl)cc2)n1.CC.CC. The molecule has 3 nitrogen and oxygen atoms in total. The van der Waals surface area contributed by atoms with Gasteiger partial charge < -0.3 is 0 Å². The van der Waals surface area contributed by atoms with E-state index < -0.39 is 0 Å². The molecule has 2 aromatic rings. The van der Waals surface area contributed by atoms with Gasteiger partial charge in [0.25, 0.3) is 0 Å². The topological polar surface area (TPSA) is 30.7 Å². The molecule has 0 unspecified atom stereocenters. The van der Waals surface area contributed by atoms with Crippen LogP contribution in [0.15, 0.2) is 30.5 Å². The minimum atomic E-state index is 0.514. The Morgan fingerprint density at radius 1 is 1.11 bits per heavy atom. The largest absolute Gasteiger partial charge is 0.155 e. The summed E-state index contributed by atoms with van der Waals surface area (Å²) in [5.41, 5.74) is 1.34. The zero-order valence-electron chi connectivity index (χ0n) is 11.2. The van der Waals surface area contributed by atoms with Gasteiger partial charge in [-0.15, -0.1) is 11.5 Å². The first-order chi connectivity index (χ1) is 8.79. The van der Waals surface area contributed by atoms with Crippen molar-refractivity contribution >= 4 is 11.6 Å². The van der Waals surface area contributed by atoms with Crippen molar-refractivity contribution in [1.82, 2.24) is 15.0 Å². The molecule has 0 aliphatic carbocycles. The molecule has 96 valence electrons. The van der Waals surface area contributed by atoms with Crippen LogP contribution in [0, 0.1) is 12.3 Å². The van der Waals surface area contributed by atoms with Crippen molar-refractivity contribution in [2.75, 3.05) is 0 Å². The summed E-state index contributed by atoms with van der Waals surface area (Å²) in [4.78, 5) is 1.46. The van der Waals surface area contributed by atoms with Gasteiger partial charge in [0.05, 0.1) is 11.9 Å². The molecule has 18 heavy (non-hydrogen) atoms. The number of benzene rings is 1. The molecule has 0 amide bonds. The summed E-state index contributed by atoms with van der Waals surface area (Å²) in [5.74, 6) is 2.41. The Hall–Kier alpha value is -1.79. The molecule has 0 saturated heterocycles. The van der Waals surface area contributed by atoms with Crippen LogP contribution >= 0.6 is 11.6 Å². The first kappa shape index (κ1) is 16.2. The molecule has 0 spiro atoms. The summed E-state index contributed by atoms with van der Waals surface area (Å²) >= 11 is 5.75. The minimum Gasteiger partial charge on any atom is -0.155 e. The molecule has 1 heterocycles. The molecular formula is C14H18ClN3. The normalized spacial score (nSPS) is 8.22. The first-order valence-corrected chi connectivity index (χ1v) is 6.32. The quantitative estimate of drug-likeness (QED) is 0.730. The van der Waals surface area contributed by atoms with Crippen LogP contribution in [0.5, 0.6) is 0 Å². The molecule has 0 fully saturated rings. The van der Waals surface area contributed by atoms with Crippen LogP contribution in [0.25, 0.3) is 5.69 Å². The highest BCUT2D eigenvalue weighted by Gasteiger charge is 1.99. The monoisotopic (exact) mass is 263 g/mol. The van der Waals surface area contributed by atoms with E-state index in [0.717, 1.165) is 5.69 Å². The number of halogens is 1. The van der Waals surface area contributed by atoms with E-state index in [1.165, 1.54) is 11.0 Å². The third-order valence-electron chi connectivity index (χ3n) is 1.70. The number of nitrogens with zero attached hydrogens (tertiary/aromatic N) is 3. The van der Waals surface area contributed by atoms with Gasteiger partial charge in [0.1, 0.15) is 0 Å². The Morgan fingerprint density at radius 3 is 2.11 bits per heavy atom. The standard InChI is InChI=1S/C10H6ClN3.2C2H6/c1-2-9-7-12-14(13-9)10-5-3-8(11)4-6-10;2*1-2/h1,3-7H;2*1-2H3. The van der Waals surface area contributed by atoms with Gasteiger partial charge in [-0.25, -0.2) is 0 Å². The molecule has 4 heteroatoms. The van der Waals surface area contributed by atoms with Gasteiger partial charge in [0.2, 0.25) is 0 Å². The van der Waals surface area contributed by atoms with Crippen LogP contribution < -0.4 is 0 Å². The minimum absolute atomic E-state index is 0.514. The smallest absolute Gasteiger partial charge is 0.155 e. The van der Waals surface area contributed by atoms with Crippen LogP contribution in [0.4, 0.5) is 0 Å². The van der Waals surface area contributed by atoms with Crippen molar-refractivity contribution < 1.29 is 0 Å². The van der Waals surface area contributed by atoms with E-state index in [-0.39, 0.29) is 0 Å². The Balaban J connectivity index is 0.000000659. The maximum Gasteiger partial charge on any atom is 0.155 e. The lowest BCUT2D eigenvalue weighted by atomic mass is 10.3. The molecule has 1 aromatic heterocycles. The second-order valence-electron chi connectivity index (χ2n) is 2.64. The molecule has 0 aliphatic heterocycles. The molecule has 0 radical (unpaired) electrons. The molecule has 0 N–H and O–H groups in total. The van der Waals surface area contributed by atoms with E-state index in [0.29, 0.717) is 10.7 Å². The molecule has 0 aliphatic rings. The van der Waals surface area contributed by atoms with Crippen LogP contribution in [0.1, 0.15) is 33.4 Å². The summed E-state index contributed by atoms with van der Waals surface area (Å²) in [6.45, 7) is 8.00. The second-order valence-corrected chi connectivity index (χ2v) is 3.08. The predicted octanol–water partition coefficient (Wildman–Crippen LogP) is 3.95. The van der Waals surface area contributed by atoms with Gasteiger partial charge in [-0.05, 0) is 30.2 Å². The molecule has 2 rings (SSSR count). The number of rotatable bonds is 1. The number of aromatic nitrogens is 3. The fourth-order valence-corrected chi connectivity index (χ4v) is 1.15. The van der Waals surface area contributed by atoms with Crippen LogP contribution in [-0.2, 0) is 0 Å². The fourth-order valence-electron chi connectivity index (χ4n) is 1.03. The highest BCUT2D eigenvalue weighted by atomic mass is 35.5. The highest BCUT2D eigenvalue weighted by Crippen LogP contribution is 2.11. The van der Waals surface area contributed by atoms with E-state index in [1.54, 1.807) is 12.1 Å². The van der Waals surface area contributed by atoms with Gasteiger partial charge in [0.15, 0.2) is 5.69 Å². The molecule has 0 saturated carbocycles. The highest BCUT2D eigenvalue weighted by molar-refractivity contribution is 6.30. The number of hydrogen-bond donors (Lipinski definition) is 0. The van der Waals surface area contributed by atoms with E-state index >= 15 is 0 Å². The maximum absolute atomic E-state index is 5.75.